The molecule has 0 spiro atoms. The lowest BCUT2D eigenvalue weighted by molar-refractivity contribution is -0.118. The Labute approximate surface area is 154 Å². The molecule has 0 saturated heterocycles. The monoisotopic (exact) mass is 354 g/mol. The molecule has 0 aliphatic heterocycles. The van der Waals surface area contributed by atoms with Crippen LogP contribution in [0.3, 0.4) is 0 Å². The molecule has 1 amide bonds. The zero-order valence-electron chi connectivity index (χ0n) is 15.2. The topological polar surface area (TPSA) is 41.5 Å². The van der Waals surface area contributed by atoms with Gasteiger partial charge in [0.2, 0.25) is 5.91 Å². The second-order valence-electron chi connectivity index (χ2n) is 6.79. The Morgan fingerprint density at radius 2 is 1.64 bits per heavy atom. The maximum absolute atomic E-state index is 11.9. The lowest BCUT2D eigenvalue weighted by atomic mass is 9.80. The van der Waals surface area contributed by atoms with Crippen molar-refractivity contribution in [2.75, 3.05) is 5.75 Å². The average molecular weight is 355 g/mol. The van der Waals surface area contributed by atoms with E-state index in [2.05, 4.69) is 60.8 Å². The smallest absolute Gasteiger partial charge is 0.250 e. The first-order chi connectivity index (χ1) is 12.0. The normalized spacial score (nSPS) is 12.0. The Morgan fingerprint density at radius 3 is 2.28 bits per heavy atom. The third kappa shape index (κ3) is 6.75. The molecule has 1 N–H and O–H groups in total. The van der Waals surface area contributed by atoms with Crippen LogP contribution in [0.25, 0.3) is 0 Å². The molecular formula is C21H26N2OS. The lowest BCUT2D eigenvalue weighted by Gasteiger charge is -2.25. The van der Waals surface area contributed by atoms with E-state index in [0.29, 0.717) is 5.75 Å². The Kier molecular flexibility index (Phi) is 7.26. The Bertz CT molecular complexity index is 696. The fraction of sp³-hybridized carbons (Fsp3) is 0.333. The van der Waals surface area contributed by atoms with Crippen LogP contribution in [0, 0.1) is 0 Å². The number of thioether (sulfide) groups is 1. The fourth-order valence-corrected chi connectivity index (χ4v) is 3.48. The first kappa shape index (κ1) is 19.3. The highest BCUT2D eigenvalue weighted by molar-refractivity contribution is 7.99. The van der Waals surface area contributed by atoms with Crippen LogP contribution in [0.2, 0.25) is 0 Å². The summed E-state index contributed by atoms with van der Waals surface area (Å²) in [5.41, 5.74) is 6.08. The van der Waals surface area contributed by atoms with Crippen molar-refractivity contribution >= 4 is 23.4 Å². The second-order valence-corrected chi connectivity index (χ2v) is 7.77. The SMILES string of the molecule is C/C(CC(C)(C)c1ccccc1)=N/NC(=O)CSCc1ccccc1. The first-order valence-corrected chi connectivity index (χ1v) is 9.62. The number of carbonyl (C=O) groups is 1. The Morgan fingerprint density at radius 1 is 1.04 bits per heavy atom. The van der Waals surface area contributed by atoms with E-state index in [1.165, 1.54) is 11.1 Å². The lowest BCUT2D eigenvalue weighted by Crippen LogP contribution is -2.25. The predicted molar refractivity (Wildman–Crippen MR) is 108 cm³/mol. The molecule has 0 radical (unpaired) electrons. The maximum atomic E-state index is 11.9. The quantitative estimate of drug-likeness (QED) is 0.547. The summed E-state index contributed by atoms with van der Waals surface area (Å²) < 4.78 is 0. The molecule has 0 saturated carbocycles. The molecule has 4 heteroatoms. The van der Waals surface area contributed by atoms with Crippen molar-refractivity contribution in [3.8, 4) is 0 Å². The molecule has 2 rings (SSSR count). The van der Waals surface area contributed by atoms with Gasteiger partial charge in [0.05, 0.1) is 5.75 Å². The Hall–Kier alpha value is -2.07. The van der Waals surface area contributed by atoms with E-state index in [4.69, 9.17) is 0 Å². The van der Waals surface area contributed by atoms with Gasteiger partial charge in [-0.3, -0.25) is 4.79 Å². The van der Waals surface area contributed by atoms with Crippen molar-refractivity contribution in [1.82, 2.24) is 5.43 Å². The number of hydrogen-bond acceptors (Lipinski definition) is 3. The molecule has 0 unspecified atom stereocenters. The number of nitrogens with zero attached hydrogens (tertiary/aromatic N) is 1. The fourth-order valence-electron chi connectivity index (χ4n) is 2.70. The minimum Gasteiger partial charge on any atom is -0.272 e. The number of benzene rings is 2. The number of amides is 1. The van der Waals surface area contributed by atoms with Crippen molar-refractivity contribution < 1.29 is 4.79 Å². The third-order valence-corrected chi connectivity index (χ3v) is 4.97. The molecule has 0 aliphatic rings. The molecule has 0 bridgehead atoms. The van der Waals surface area contributed by atoms with E-state index in [9.17, 15) is 4.79 Å². The number of carbonyl (C=O) groups excluding carboxylic acids is 1. The largest absolute Gasteiger partial charge is 0.272 e. The van der Waals surface area contributed by atoms with E-state index < -0.39 is 0 Å². The zero-order valence-corrected chi connectivity index (χ0v) is 16.0. The summed E-state index contributed by atoms with van der Waals surface area (Å²) in [7, 11) is 0. The molecule has 0 heterocycles. The van der Waals surface area contributed by atoms with E-state index >= 15 is 0 Å². The van der Waals surface area contributed by atoms with E-state index in [-0.39, 0.29) is 11.3 Å². The number of nitrogens with one attached hydrogen (secondary N) is 1. The Balaban J connectivity index is 1.77. The van der Waals surface area contributed by atoms with Crippen LogP contribution >= 0.6 is 11.8 Å². The van der Waals surface area contributed by atoms with Gasteiger partial charge in [0.25, 0.3) is 0 Å². The molecule has 2 aromatic rings. The third-order valence-electron chi connectivity index (χ3n) is 3.97. The summed E-state index contributed by atoms with van der Waals surface area (Å²) in [5.74, 6) is 1.18. The van der Waals surface area contributed by atoms with E-state index in [1.807, 2.05) is 31.2 Å². The van der Waals surface area contributed by atoms with Gasteiger partial charge < -0.3 is 0 Å². The van der Waals surface area contributed by atoms with Gasteiger partial charge in [-0.1, -0.05) is 74.5 Å². The van der Waals surface area contributed by atoms with Crippen LogP contribution in [0.1, 0.15) is 38.3 Å². The molecule has 0 fully saturated rings. The van der Waals surface area contributed by atoms with Gasteiger partial charge in [-0.2, -0.15) is 5.10 Å². The highest BCUT2D eigenvalue weighted by atomic mass is 32.2. The number of hydrogen-bond donors (Lipinski definition) is 1. The van der Waals surface area contributed by atoms with Gasteiger partial charge in [-0.15, -0.1) is 11.8 Å². The highest BCUT2D eigenvalue weighted by Gasteiger charge is 2.21. The van der Waals surface area contributed by atoms with Gasteiger partial charge in [-0.25, -0.2) is 5.43 Å². The zero-order chi connectivity index (χ0) is 18.1. The summed E-state index contributed by atoms with van der Waals surface area (Å²) in [6, 6.07) is 20.5. The minimum absolute atomic E-state index is 0.0123. The van der Waals surface area contributed by atoms with Crippen LogP contribution < -0.4 is 5.43 Å². The summed E-state index contributed by atoms with van der Waals surface area (Å²) in [5, 5.41) is 4.26. The summed E-state index contributed by atoms with van der Waals surface area (Å²) in [4.78, 5) is 11.9. The molecule has 0 aliphatic carbocycles. The van der Waals surface area contributed by atoms with Gasteiger partial charge in [-0.05, 0) is 29.9 Å². The second kappa shape index (κ2) is 9.42. The average Bonchev–Trinajstić information content (AvgIpc) is 2.61. The van der Waals surface area contributed by atoms with Crippen LogP contribution in [0.15, 0.2) is 65.8 Å². The van der Waals surface area contributed by atoms with Crippen molar-refractivity contribution in [2.45, 2.75) is 38.4 Å². The standard InChI is InChI=1S/C21H26N2OS/c1-17(14-21(2,3)19-12-8-5-9-13-19)22-23-20(24)16-25-15-18-10-6-4-7-11-18/h4-13H,14-16H2,1-3H3,(H,23,24)/b22-17-. The maximum Gasteiger partial charge on any atom is 0.250 e. The van der Waals surface area contributed by atoms with E-state index in [0.717, 1.165) is 17.9 Å². The summed E-state index contributed by atoms with van der Waals surface area (Å²) in [6.45, 7) is 6.35. The molecule has 0 atom stereocenters. The molecule has 0 aromatic heterocycles. The van der Waals surface area contributed by atoms with Crippen LogP contribution in [-0.2, 0) is 16.0 Å². The van der Waals surface area contributed by atoms with Crippen LogP contribution in [0.5, 0.6) is 0 Å². The summed E-state index contributed by atoms with van der Waals surface area (Å²) in [6.07, 6.45) is 0.800. The van der Waals surface area contributed by atoms with Gasteiger partial charge >= 0.3 is 0 Å². The van der Waals surface area contributed by atoms with Crippen molar-refractivity contribution in [3.63, 3.8) is 0 Å². The van der Waals surface area contributed by atoms with Crippen LogP contribution in [0.4, 0.5) is 0 Å². The number of hydrazone groups is 1. The predicted octanol–water partition coefficient (Wildman–Crippen LogP) is 4.78. The first-order valence-electron chi connectivity index (χ1n) is 8.46. The van der Waals surface area contributed by atoms with Crippen molar-refractivity contribution in [3.05, 3.63) is 71.8 Å². The number of rotatable bonds is 8. The molecule has 3 nitrogen and oxygen atoms in total. The van der Waals surface area contributed by atoms with Gasteiger partial charge in [0.1, 0.15) is 0 Å². The van der Waals surface area contributed by atoms with Crippen molar-refractivity contribution in [1.29, 1.82) is 0 Å². The van der Waals surface area contributed by atoms with E-state index in [1.54, 1.807) is 11.8 Å². The molecule has 132 valence electrons. The van der Waals surface area contributed by atoms with Gasteiger partial charge in [0.15, 0.2) is 0 Å². The molecule has 25 heavy (non-hydrogen) atoms. The highest BCUT2D eigenvalue weighted by Crippen LogP contribution is 2.27. The molecular weight excluding hydrogens is 328 g/mol. The summed E-state index contributed by atoms with van der Waals surface area (Å²) >= 11 is 1.59. The van der Waals surface area contributed by atoms with Gasteiger partial charge in [0, 0.05) is 11.5 Å². The van der Waals surface area contributed by atoms with Crippen molar-refractivity contribution in [2.24, 2.45) is 5.10 Å². The molecule has 2 aromatic carbocycles. The minimum atomic E-state index is -0.0576. The van der Waals surface area contributed by atoms with Crippen LogP contribution in [-0.4, -0.2) is 17.4 Å².